The highest BCUT2D eigenvalue weighted by Crippen LogP contribution is 2.40. The fourth-order valence-electron chi connectivity index (χ4n) is 4.51. The summed E-state index contributed by atoms with van der Waals surface area (Å²) >= 11 is 0.822. The molecule has 2 aromatic rings. The first-order chi connectivity index (χ1) is 16.8. The van der Waals surface area contributed by atoms with Crippen LogP contribution >= 0.6 is 11.3 Å². The van der Waals surface area contributed by atoms with E-state index < -0.39 is 47.4 Å². The van der Waals surface area contributed by atoms with Gasteiger partial charge in [0.1, 0.15) is 17.1 Å². The van der Waals surface area contributed by atoms with E-state index in [2.05, 4.69) is 20.6 Å². The summed E-state index contributed by atoms with van der Waals surface area (Å²) in [6.45, 7) is 7.38. The number of thiazole rings is 1. The van der Waals surface area contributed by atoms with Gasteiger partial charge in [0, 0.05) is 30.5 Å². The van der Waals surface area contributed by atoms with Crippen molar-refractivity contribution in [3.05, 3.63) is 28.0 Å². The molecule has 2 aromatic heterocycles. The molecule has 0 radical (unpaired) electrons. The molecule has 1 aliphatic heterocycles. The summed E-state index contributed by atoms with van der Waals surface area (Å²) in [5.74, 6) is -0.551. The molecule has 2 amide bonds. The molecule has 0 bridgehead atoms. The van der Waals surface area contributed by atoms with E-state index in [1.54, 1.807) is 17.8 Å². The highest BCUT2D eigenvalue weighted by atomic mass is 32.1. The van der Waals surface area contributed by atoms with Crippen LogP contribution in [0.1, 0.15) is 87.8 Å². The quantitative estimate of drug-likeness (QED) is 0.569. The van der Waals surface area contributed by atoms with E-state index in [1.165, 1.54) is 4.90 Å². The van der Waals surface area contributed by atoms with Crippen LogP contribution in [0.5, 0.6) is 0 Å². The van der Waals surface area contributed by atoms with Crippen LogP contribution < -0.4 is 5.32 Å². The number of alkyl halides is 3. The van der Waals surface area contributed by atoms with E-state index in [9.17, 15) is 27.9 Å². The number of rotatable bonds is 7. The van der Waals surface area contributed by atoms with Gasteiger partial charge < -0.3 is 15.3 Å². The number of amides is 2. The standard InChI is InChI=1S/C23H31F3N6O3S/c1-5-14(20-28-17(11-36-20)23(24,25)26)27-19(34)16-8-13(33)9-31(16)21(35)18(22(2,3)4)32-10-15(29-30-32)12-6-7-12/h10-14,16,18,33H,5-9H2,1-4H3,(H,27,34)/t13-,14?,16+,18-/m1/s1. The lowest BCUT2D eigenvalue weighted by Crippen LogP contribution is -2.50. The highest BCUT2D eigenvalue weighted by molar-refractivity contribution is 7.09. The topological polar surface area (TPSA) is 113 Å². The lowest BCUT2D eigenvalue weighted by molar-refractivity contribution is -0.144. The average molecular weight is 529 g/mol. The Morgan fingerprint density at radius 2 is 1.97 bits per heavy atom. The van der Waals surface area contributed by atoms with Crippen LogP contribution in [0.3, 0.4) is 0 Å². The number of carbonyl (C=O) groups excluding carboxylic acids is 2. The highest BCUT2D eigenvalue weighted by Gasteiger charge is 2.46. The molecule has 2 aliphatic rings. The van der Waals surface area contributed by atoms with Gasteiger partial charge in [-0.2, -0.15) is 13.2 Å². The van der Waals surface area contributed by atoms with Crippen molar-refractivity contribution in [1.29, 1.82) is 0 Å². The summed E-state index contributed by atoms with van der Waals surface area (Å²) in [7, 11) is 0. The molecular formula is C23H31F3N6O3S. The Balaban J connectivity index is 1.54. The van der Waals surface area contributed by atoms with Gasteiger partial charge in [0.25, 0.3) is 0 Å². The number of aromatic nitrogens is 4. The Morgan fingerprint density at radius 3 is 2.53 bits per heavy atom. The number of halogens is 3. The molecule has 2 N–H and O–H groups in total. The molecule has 1 aliphatic carbocycles. The van der Waals surface area contributed by atoms with Gasteiger partial charge in [0.2, 0.25) is 11.8 Å². The van der Waals surface area contributed by atoms with Crippen LogP contribution in [0.4, 0.5) is 13.2 Å². The monoisotopic (exact) mass is 528 g/mol. The zero-order chi connectivity index (χ0) is 26.4. The molecule has 13 heteroatoms. The Bertz CT molecular complexity index is 1110. The lowest BCUT2D eigenvalue weighted by atomic mass is 9.85. The van der Waals surface area contributed by atoms with Gasteiger partial charge in [0.15, 0.2) is 5.69 Å². The van der Waals surface area contributed by atoms with Crippen molar-refractivity contribution in [3.8, 4) is 0 Å². The fraction of sp³-hybridized carbons (Fsp3) is 0.696. The van der Waals surface area contributed by atoms with Crippen LogP contribution in [-0.4, -0.2) is 60.5 Å². The molecule has 1 unspecified atom stereocenters. The molecule has 2 fully saturated rings. The minimum Gasteiger partial charge on any atom is -0.391 e. The smallest absolute Gasteiger partial charge is 0.391 e. The zero-order valence-electron chi connectivity index (χ0n) is 20.6. The Hall–Kier alpha value is -2.54. The zero-order valence-corrected chi connectivity index (χ0v) is 21.4. The van der Waals surface area contributed by atoms with E-state index in [-0.39, 0.29) is 23.9 Å². The van der Waals surface area contributed by atoms with Gasteiger partial charge in [-0.25, -0.2) is 9.67 Å². The lowest BCUT2D eigenvalue weighted by Gasteiger charge is -2.34. The third-order valence-corrected chi connectivity index (χ3v) is 7.50. The predicted molar refractivity (Wildman–Crippen MR) is 125 cm³/mol. The third-order valence-electron chi connectivity index (χ3n) is 6.54. The van der Waals surface area contributed by atoms with E-state index in [4.69, 9.17) is 0 Å². The van der Waals surface area contributed by atoms with Crippen molar-refractivity contribution in [2.45, 2.75) is 89.7 Å². The number of aliphatic hydroxyl groups is 1. The molecule has 9 nitrogen and oxygen atoms in total. The maximum absolute atomic E-state index is 13.8. The van der Waals surface area contributed by atoms with Gasteiger partial charge in [-0.15, -0.1) is 16.4 Å². The number of hydrogen-bond donors (Lipinski definition) is 2. The largest absolute Gasteiger partial charge is 0.434 e. The maximum Gasteiger partial charge on any atom is 0.434 e. The predicted octanol–water partition coefficient (Wildman–Crippen LogP) is 3.45. The Morgan fingerprint density at radius 1 is 1.28 bits per heavy atom. The minimum atomic E-state index is -4.57. The summed E-state index contributed by atoms with van der Waals surface area (Å²) in [5, 5.41) is 22.6. The summed E-state index contributed by atoms with van der Waals surface area (Å²) < 4.78 is 40.5. The fourth-order valence-corrected chi connectivity index (χ4v) is 5.47. The Labute approximate surface area is 211 Å². The van der Waals surface area contributed by atoms with Gasteiger partial charge in [-0.05, 0) is 24.7 Å². The number of β-amino-alcohol motifs (C(OH)–C–C–N with tert-alkyl or cyclic N) is 1. The first-order valence-corrected chi connectivity index (χ1v) is 12.9. The minimum absolute atomic E-state index is 0.0278. The molecule has 4 atom stereocenters. The number of hydrogen-bond acceptors (Lipinski definition) is 7. The summed E-state index contributed by atoms with van der Waals surface area (Å²) in [5.41, 5.74) is -0.740. The number of carbonyl (C=O) groups is 2. The molecule has 1 saturated heterocycles. The van der Waals surface area contributed by atoms with Crippen molar-refractivity contribution < 1.29 is 27.9 Å². The van der Waals surface area contributed by atoms with Crippen LogP contribution in [0.25, 0.3) is 0 Å². The van der Waals surface area contributed by atoms with Gasteiger partial charge in [-0.3, -0.25) is 9.59 Å². The number of aliphatic hydroxyl groups excluding tert-OH is 1. The first kappa shape index (κ1) is 26.5. The number of nitrogens with one attached hydrogen (secondary N) is 1. The first-order valence-electron chi connectivity index (χ1n) is 12.0. The summed E-state index contributed by atoms with van der Waals surface area (Å²) in [4.78, 5) is 32.1. The van der Waals surface area contributed by atoms with Crippen molar-refractivity contribution >= 4 is 23.2 Å². The van der Waals surface area contributed by atoms with Crippen LogP contribution in [0.2, 0.25) is 0 Å². The molecular weight excluding hydrogens is 497 g/mol. The van der Waals surface area contributed by atoms with Crippen molar-refractivity contribution in [3.63, 3.8) is 0 Å². The van der Waals surface area contributed by atoms with E-state index in [0.29, 0.717) is 12.3 Å². The van der Waals surface area contributed by atoms with Gasteiger partial charge in [0.05, 0.1) is 17.8 Å². The molecule has 36 heavy (non-hydrogen) atoms. The van der Waals surface area contributed by atoms with Gasteiger partial charge >= 0.3 is 6.18 Å². The number of nitrogens with zero attached hydrogens (tertiary/aromatic N) is 5. The van der Waals surface area contributed by atoms with E-state index in [1.807, 2.05) is 20.8 Å². The summed E-state index contributed by atoms with van der Waals surface area (Å²) in [6, 6.07) is -2.48. The Kier molecular flexibility index (Phi) is 7.17. The van der Waals surface area contributed by atoms with Crippen LogP contribution in [0, 0.1) is 5.41 Å². The maximum atomic E-state index is 13.8. The molecule has 1 saturated carbocycles. The van der Waals surface area contributed by atoms with Gasteiger partial charge in [-0.1, -0.05) is 32.9 Å². The normalized spacial score (nSPS) is 22.5. The van der Waals surface area contributed by atoms with Crippen LogP contribution in [0.15, 0.2) is 11.6 Å². The van der Waals surface area contributed by atoms with Crippen molar-refractivity contribution in [2.75, 3.05) is 6.54 Å². The molecule has 4 rings (SSSR count). The molecule has 198 valence electrons. The second kappa shape index (κ2) is 9.73. The third kappa shape index (κ3) is 5.56. The molecule has 0 aromatic carbocycles. The summed E-state index contributed by atoms with van der Waals surface area (Å²) in [6.07, 6.45) is -1.28. The second-order valence-electron chi connectivity index (χ2n) is 10.6. The van der Waals surface area contributed by atoms with Crippen LogP contribution in [-0.2, 0) is 15.8 Å². The van der Waals surface area contributed by atoms with E-state index in [0.717, 1.165) is 35.3 Å². The second-order valence-corrected chi connectivity index (χ2v) is 11.5. The van der Waals surface area contributed by atoms with Crippen molar-refractivity contribution in [2.24, 2.45) is 5.41 Å². The SMILES string of the molecule is CCC(NC(=O)[C@@H]1C[C@@H](O)CN1C(=O)[C@@H](n1cc(C2CC2)nn1)C(C)(C)C)c1nc(C(F)(F)F)cs1. The van der Waals surface area contributed by atoms with E-state index >= 15 is 0 Å². The number of likely N-dealkylation sites (tertiary alicyclic amines) is 1. The molecule has 3 heterocycles. The van der Waals surface area contributed by atoms with Crippen molar-refractivity contribution in [1.82, 2.24) is 30.2 Å². The molecule has 0 spiro atoms. The average Bonchev–Trinajstić information content (AvgIpc) is 3.16.